The normalized spacial score (nSPS) is 20.7. The third-order valence-corrected chi connectivity index (χ3v) is 5.06. The summed E-state index contributed by atoms with van der Waals surface area (Å²) >= 11 is 3.71. The molecule has 0 bridgehead atoms. The van der Waals surface area contributed by atoms with E-state index in [0.29, 0.717) is 0 Å². The van der Waals surface area contributed by atoms with E-state index in [-0.39, 0.29) is 16.7 Å². The molecule has 4 heteroatoms. The lowest BCUT2D eigenvalue weighted by Gasteiger charge is -2.35. The second-order valence-electron chi connectivity index (χ2n) is 5.58. The molecule has 1 aliphatic heterocycles. The van der Waals surface area contributed by atoms with Crippen LogP contribution in [0.1, 0.15) is 16.0 Å². The topological polar surface area (TPSA) is 12.5 Å². The Hall–Kier alpha value is -1.23. The Kier molecular flexibility index (Phi) is 5.24. The van der Waals surface area contributed by atoms with Crippen LogP contribution in [0.15, 0.2) is 54.6 Å². The molecule has 116 valence electrons. The summed E-state index contributed by atoms with van der Waals surface area (Å²) in [4.78, 5) is 2.48. The second kappa shape index (κ2) is 7.36. The van der Waals surface area contributed by atoms with Gasteiger partial charge in [0.15, 0.2) is 0 Å². The van der Waals surface area contributed by atoms with Crippen LogP contribution in [-0.2, 0) is 11.3 Å². The zero-order valence-corrected chi connectivity index (χ0v) is 13.9. The van der Waals surface area contributed by atoms with E-state index in [1.54, 1.807) is 0 Å². The fourth-order valence-corrected chi connectivity index (χ4v) is 3.38. The number of halogens is 2. The SMILES string of the molecule is Fc1ccc([C@@H](Br)C2CN(Cc3ccccc3)CCO2)cc1. The highest BCUT2D eigenvalue weighted by atomic mass is 79.9. The van der Waals surface area contributed by atoms with Gasteiger partial charge in [-0.2, -0.15) is 0 Å². The van der Waals surface area contributed by atoms with Crippen molar-refractivity contribution >= 4 is 15.9 Å². The van der Waals surface area contributed by atoms with Crippen LogP contribution < -0.4 is 0 Å². The van der Waals surface area contributed by atoms with Gasteiger partial charge in [0.05, 0.1) is 17.5 Å². The Labute approximate surface area is 139 Å². The molecular formula is C18H19BrFNO. The zero-order valence-electron chi connectivity index (χ0n) is 12.3. The molecule has 2 atom stereocenters. The number of benzene rings is 2. The third-order valence-electron chi connectivity index (χ3n) is 3.94. The molecule has 1 fully saturated rings. The van der Waals surface area contributed by atoms with Gasteiger partial charge in [-0.1, -0.05) is 58.4 Å². The molecule has 2 aromatic carbocycles. The van der Waals surface area contributed by atoms with Gasteiger partial charge in [-0.15, -0.1) is 0 Å². The van der Waals surface area contributed by atoms with E-state index in [4.69, 9.17) is 4.74 Å². The highest BCUT2D eigenvalue weighted by Crippen LogP contribution is 2.30. The van der Waals surface area contributed by atoms with E-state index in [1.165, 1.54) is 17.7 Å². The van der Waals surface area contributed by atoms with Crippen molar-refractivity contribution < 1.29 is 9.13 Å². The molecule has 0 aliphatic carbocycles. The summed E-state index contributed by atoms with van der Waals surface area (Å²) in [5.74, 6) is -0.210. The Morgan fingerprint density at radius 3 is 2.59 bits per heavy atom. The van der Waals surface area contributed by atoms with Crippen molar-refractivity contribution in [2.75, 3.05) is 19.7 Å². The lowest BCUT2D eigenvalue weighted by molar-refractivity contribution is -0.0310. The van der Waals surface area contributed by atoms with Gasteiger partial charge in [0.25, 0.3) is 0 Å². The molecule has 1 aliphatic rings. The maximum absolute atomic E-state index is 13.0. The summed E-state index contributed by atoms with van der Waals surface area (Å²) in [5.41, 5.74) is 2.36. The minimum absolute atomic E-state index is 0.0722. The molecule has 2 aromatic rings. The van der Waals surface area contributed by atoms with Crippen LogP contribution in [0.5, 0.6) is 0 Å². The van der Waals surface area contributed by atoms with Crippen LogP contribution in [0, 0.1) is 5.82 Å². The molecule has 0 saturated carbocycles. The molecule has 0 N–H and O–H groups in total. The predicted molar refractivity (Wildman–Crippen MR) is 89.5 cm³/mol. The molecule has 0 radical (unpaired) electrons. The van der Waals surface area contributed by atoms with Crippen LogP contribution in [0.25, 0.3) is 0 Å². The number of rotatable bonds is 4. The first kappa shape index (κ1) is 15.7. The average Bonchev–Trinajstić information content (AvgIpc) is 2.56. The van der Waals surface area contributed by atoms with Crippen molar-refractivity contribution in [1.29, 1.82) is 0 Å². The van der Waals surface area contributed by atoms with E-state index in [1.807, 2.05) is 18.2 Å². The predicted octanol–water partition coefficient (Wildman–Crippen LogP) is 4.16. The van der Waals surface area contributed by atoms with Crippen LogP contribution >= 0.6 is 15.9 Å². The summed E-state index contributed by atoms with van der Waals surface area (Å²) in [6.07, 6.45) is 0.0722. The Morgan fingerprint density at radius 1 is 1.14 bits per heavy atom. The van der Waals surface area contributed by atoms with E-state index in [2.05, 4.69) is 45.1 Å². The van der Waals surface area contributed by atoms with Crippen LogP contribution in [-0.4, -0.2) is 30.7 Å². The number of ether oxygens (including phenoxy) is 1. The first-order valence-electron chi connectivity index (χ1n) is 7.50. The molecule has 0 amide bonds. The molecule has 22 heavy (non-hydrogen) atoms. The second-order valence-corrected chi connectivity index (χ2v) is 6.57. The largest absolute Gasteiger partial charge is 0.374 e. The van der Waals surface area contributed by atoms with Crippen molar-refractivity contribution in [1.82, 2.24) is 4.90 Å². The fraction of sp³-hybridized carbons (Fsp3) is 0.333. The summed E-state index contributed by atoms with van der Waals surface area (Å²) in [6.45, 7) is 3.46. The highest BCUT2D eigenvalue weighted by molar-refractivity contribution is 9.09. The Morgan fingerprint density at radius 2 is 1.86 bits per heavy atom. The van der Waals surface area contributed by atoms with Gasteiger partial charge in [0, 0.05) is 19.6 Å². The molecular weight excluding hydrogens is 345 g/mol. The molecule has 0 aromatic heterocycles. The van der Waals surface area contributed by atoms with Gasteiger partial charge >= 0.3 is 0 Å². The first-order chi connectivity index (χ1) is 10.7. The average molecular weight is 364 g/mol. The van der Waals surface area contributed by atoms with E-state index < -0.39 is 0 Å². The van der Waals surface area contributed by atoms with Gasteiger partial charge in [-0.25, -0.2) is 4.39 Å². The van der Waals surface area contributed by atoms with Crippen molar-refractivity contribution in [2.24, 2.45) is 0 Å². The van der Waals surface area contributed by atoms with E-state index in [0.717, 1.165) is 31.8 Å². The molecule has 3 rings (SSSR count). The molecule has 1 heterocycles. The standard InChI is InChI=1S/C18H19BrFNO/c19-18(15-6-8-16(20)9-7-15)17-13-21(10-11-22-17)12-14-4-2-1-3-5-14/h1-9,17-18H,10-13H2/t17?,18-/m1/s1. The quantitative estimate of drug-likeness (QED) is 0.756. The van der Waals surface area contributed by atoms with Gasteiger partial charge in [0.2, 0.25) is 0 Å². The molecule has 2 nitrogen and oxygen atoms in total. The van der Waals surface area contributed by atoms with Crippen molar-refractivity contribution in [3.63, 3.8) is 0 Å². The smallest absolute Gasteiger partial charge is 0.123 e. The number of nitrogens with zero attached hydrogens (tertiary/aromatic N) is 1. The summed E-state index contributed by atoms with van der Waals surface area (Å²) < 4.78 is 19.0. The minimum atomic E-state index is -0.210. The Bertz CT molecular complexity index is 590. The minimum Gasteiger partial charge on any atom is -0.374 e. The number of alkyl halides is 1. The van der Waals surface area contributed by atoms with Gasteiger partial charge in [-0.3, -0.25) is 4.90 Å². The van der Waals surface area contributed by atoms with Crippen LogP contribution in [0.4, 0.5) is 4.39 Å². The Balaban J connectivity index is 1.63. The van der Waals surface area contributed by atoms with Crippen molar-refractivity contribution in [2.45, 2.75) is 17.5 Å². The lowest BCUT2D eigenvalue weighted by Crippen LogP contribution is -2.43. The summed E-state index contributed by atoms with van der Waals surface area (Å²) in [7, 11) is 0. The van der Waals surface area contributed by atoms with Crippen molar-refractivity contribution in [3.8, 4) is 0 Å². The first-order valence-corrected chi connectivity index (χ1v) is 8.41. The monoisotopic (exact) mass is 363 g/mol. The highest BCUT2D eigenvalue weighted by Gasteiger charge is 2.27. The maximum atomic E-state index is 13.0. The van der Waals surface area contributed by atoms with Gasteiger partial charge < -0.3 is 4.74 Å². The van der Waals surface area contributed by atoms with E-state index >= 15 is 0 Å². The van der Waals surface area contributed by atoms with Gasteiger partial charge in [-0.05, 0) is 23.3 Å². The van der Waals surface area contributed by atoms with Crippen LogP contribution in [0.3, 0.4) is 0 Å². The lowest BCUT2D eigenvalue weighted by atomic mass is 10.1. The zero-order chi connectivity index (χ0) is 15.4. The van der Waals surface area contributed by atoms with Crippen molar-refractivity contribution in [3.05, 3.63) is 71.5 Å². The number of hydrogen-bond donors (Lipinski definition) is 0. The maximum Gasteiger partial charge on any atom is 0.123 e. The van der Waals surface area contributed by atoms with Crippen LogP contribution in [0.2, 0.25) is 0 Å². The number of morpholine rings is 1. The molecule has 0 spiro atoms. The fourth-order valence-electron chi connectivity index (χ4n) is 2.76. The third kappa shape index (κ3) is 3.94. The van der Waals surface area contributed by atoms with E-state index in [9.17, 15) is 4.39 Å². The molecule has 1 saturated heterocycles. The summed E-state index contributed by atoms with van der Waals surface area (Å²) in [6, 6.07) is 17.1. The van der Waals surface area contributed by atoms with Gasteiger partial charge in [0.1, 0.15) is 5.82 Å². The molecule has 1 unspecified atom stereocenters. The summed E-state index contributed by atoms with van der Waals surface area (Å²) in [5, 5.41) is 0. The number of hydrogen-bond acceptors (Lipinski definition) is 2.